The van der Waals surface area contributed by atoms with Crippen LogP contribution in [0.4, 0.5) is 5.69 Å². The molecule has 0 amide bonds. The van der Waals surface area contributed by atoms with Crippen molar-refractivity contribution in [1.82, 2.24) is 0 Å². The average Bonchev–Trinajstić information content (AvgIpc) is 3.13. The molecule has 0 saturated heterocycles. The van der Waals surface area contributed by atoms with E-state index in [2.05, 4.69) is 41.1 Å². The van der Waals surface area contributed by atoms with Crippen LogP contribution in [-0.4, -0.2) is 0 Å². The monoisotopic (exact) mass is 326 g/mol. The smallest absolute Gasteiger partial charge is 0.0860 e. The first kappa shape index (κ1) is 24.0. The number of benzene rings is 1. The van der Waals surface area contributed by atoms with Crippen molar-refractivity contribution in [2.45, 2.75) is 54.9 Å². The van der Waals surface area contributed by atoms with Crippen LogP contribution in [0.15, 0.2) is 71.1 Å². The van der Waals surface area contributed by atoms with Crippen molar-refractivity contribution in [3.63, 3.8) is 0 Å². The zero-order chi connectivity index (χ0) is 18.8. The molecule has 1 aromatic carbocycles. The molecule has 1 aliphatic rings. The van der Waals surface area contributed by atoms with Crippen LogP contribution in [-0.2, 0) is 6.42 Å². The van der Waals surface area contributed by atoms with Gasteiger partial charge in [-0.15, -0.1) is 0 Å². The lowest BCUT2D eigenvalue weighted by Crippen LogP contribution is -1.79. The zero-order valence-electron chi connectivity index (χ0n) is 16.5. The van der Waals surface area contributed by atoms with Crippen molar-refractivity contribution in [2.75, 3.05) is 0 Å². The molecule has 0 aromatic heterocycles. The Balaban J connectivity index is 0. The molecule has 0 aliphatic heterocycles. The van der Waals surface area contributed by atoms with Gasteiger partial charge in [0.15, 0.2) is 0 Å². The van der Waals surface area contributed by atoms with Crippen molar-refractivity contribution in [1.29, 1.82) is 0 Å². The van der Waals surface area contributed by atoms with Crippen LogP contribution in [0.25, 0.3) is 6.08 Å². The van der Waals surface area contributed by atoms with Crippen molar-refractivity contribution in [2.24, 2.45) is 10.2 Å². The molecular formula is C22H34N2. The molecule has 0 heterocycles. The van der Waals surface area contributed by atoms with E-state index in [0.29, 0.717) is 0 Å². The lowest BCUT2D eigenvalue weighted by atomic mass is 10.1. The third-order valence-electron chi connectivity index (χ3n) is 2.67. The third kappa shape index (κ3) is 9.04. The highest BCUT2D eigenvalue weighted by atomic mass is 15.1. The van der Waals surface area contributed by atoms with Gasteiger partial charge in [-0.1, -0.05) is 78.5 Å². The maximum atomic E-state index is 4.25. The van der Waals surface area contributed by atoms with Crippen molar-refractivity contribution in [3.05, 3.63) is 72.0 Å². The molecule has 2 nitrogen and oxygen atoms in total. The quantitative estimate of drug-likeness (QED) is 0.395. The summed E-state index contributed by atoms with van der Waals surface area (Å²) < 4.78 is 0. The van der Waals surface area contributed by atoms with E-state index < -0.39 is 0 Å². The summed E-state index contributed by atoms with van der Waals surface area (Å²) in [7, 11) is 0. The normalized spacial score (nSPS) is 11.7. The molecule has 0 saturated carbocycles. The summed E-state index contributed by atoms with van der Waals surface area (Å²) in [4.78, 5) is 0. The fourth-order valence-electron chi connectivity index (χ4n) is 1.84. The van der Waals surface area contributed by atoms with Gasteiger partial charge in [-0.25, -0.2) is 0 Å². The summed E-state index contributed by atoms with van der Waals surface area (Å²) in [5.41, 5.74) is 4.28. The van der Waals surface area contributed by atoms with Gasteiger partial charge in [0.25, 0.3) is 0 Å². The second kappa shape index (κ2) is 17.1. The highest BCUT2D eigenvalue weighted by Crippen LogP contribution is 2.25. The summed E-state index contributed by atoms with van der Waals surface area (Å²) in [6.07, 6.45) is 12.7. The molecule has 0 fully saturated rings. The predicted octanol–water partition coefficient (Wildman–Crippen LogP) is 8.06. The van der Waals surface area contributed by atoms with Crippen molar-refractivity contribution < 1.29 is 0 Å². The number of azo groups is 1. The van der Waals surface area contributed by atoms with E-state index in [9.17, 15) is 0 Å². The molecule has 1 aromatic rings. The first-order valence-corrected chi connectivity index (χ1v) is 9.00. The van der Waals surface area contributed by atoms with E-state index in [0.717, 1.165) is 17.8 Å². The van der Waals surface area contributed by atoms with Gasteiger partial charge < -0.3 is 0 Å². The summed E-state index contributed by atoms with van der Waals surface area (Å²) in [5.74, 6) is 0. The number of allylic oxidation sites excluding steroid dienone is 5. The Hall–Kier alpha value is -2.22. The maximum Gasteiger partial charge on any atom is 0.0860 e. The van der Waals surface area contributed by atoms with Gasteiger partial charge in [0.1, 0.15) is 0 Å². The van der Waals surface area contributed by atoms with Crippen molar-refractivity contribution >= 4 is 11.8 Å². The van der Waals surface area contributed by atoms with Crippen LogP contribution in [0.3, 0.4) is 0 Å². The zero-order valence-corrected chi connectivity index (χ0v) is 16.5. The summed E-state index contributed by atoms with van der Waals surface area (Å²) >= 11 is 0. The van der Waals surface area contributed by atoms with Gasteiger partial charge in [0.2, 0.25) is 0 Å². The van der Waals surface area contributed by atoms with Gasteiger partial charge in [-0.05, 0) is 48.8 Å². The molecule has 132 valence electrons. The first-order valence-electron chi connectivity index (χ1n) is 9.00. The van der Waals surface area contributed by atoms with E-state index in [-0.39, 0.29) is 0 Å². The highest BCUT2D eigenvalue weighted by Gasteiger charge is 2.04. The van der Waals surface area contributed by atoms with Crippen LogP contribution in [0.2, 0.25) is 0 Å². The SMILES string of the molecule is C=C/C=C(\C=C/C)N=Nc1ccc2c(c1)CC=C2.CC.CC.CC. The number of fused-ring (bicyclic) bond motifs is 1. The van der Waals surface area contributed by atoms with E-state index in [4.69, 9.17) is 0 Å². The van der Waals surface area contributed by atoms with E-state index in [1.807, 2.05) is 72.8 Å². The Labute approximate surface area is 149 Å². The molecular weight excluding hydrogens is 292 g/mol. The lowest BCUT2D eigenvalue weighted by Gasteiger charge is -1.99. The second-order valence-electron chi connectivity index (χ2n) is 4.02. The number of rotatable bonds is 4. The van der Waals surface area contributed by atoms with Crippen molar-refractivity contribution in [3.8, 4) is 0 Å². The largest absolute Gasteiger partial charge is 0.151 e. The Kier molecular flexibility index (Phi) is 17.2. The molecule has 0 radical (unpaired) electrons. The maximum absolute atomic E-state index is 4.25. The van der Waals surface area contributed by atoms with Gasteiger partial charge >= 0.3 is 0 Å². The van der Waals surface area contributed by atoms with E-state index in [1.165, 1.54) is 11.1 Å². The fraction of sp³-hybridized carbons (Fsp3) is 0.364. The van der Waals surface area contributed by atoms with Gasteiger partial charge in [-0.3, -0.25) is 0 Å². The van der Waals surface area contributed by atoms with Gasteiger partial charge in [0.05, 0.1) is 11.4 Å². The number of hydrogen-bond donors (Lipinski definition) is 0. The average molecular weight is 327 g/mol. The molecule has 1 aliphatic carbocycles. The third-order valence-corrected chi connectivity index (χ3v) is 2.67. The standard InChI is InChI=1S/C16H16N2.3C2H6/c1-3-6-15(7-4-2)17-18-16-11-10-13-8-5-9-14(13)12-16;3*1-2/h3-8,10-12H,1,9H2,2H3;3*1-2H3/b7-4-,15-6+,18-17?;;;. The van der Waals surface area contributed by atoms with Crippen LogP contribution in [0, 0.1) is 0 Å². The molecule has 0 bridgehead atoms. The lowest BCUT2D eigenvalue weighted by molar-refractivity contribution is 1.16. The van der Waals surface area contributed by atoms with Crippen LogP contribution >= 0.6 is 0 Å². The summed E-state index contributed by atoms with van der Waals surface area (Å²) in [5, 5.41) is 8.46. The molecule has 0 N–H and O–H groups in total. The van der Waals surface area contributed by atoms with Gasteiger partial charge in [-0.2, -0.15) is 10.2 Å². The minimum atomic E-state index is 0.797. The van der Waals surface area contributed by atoms with E-state index in [1.54, 1.807) is 6.08 Å². The second-order valence-corrected chi connectivity index (χ2v) is 4.02. The van der Waals surface area contributed by atoms with Gasteiger partial charge in [0, 0.05) is 0 Å². The highest BCUT2D eigenvalue weighted by molar-refractivity contribution is 5.63. The Bertz CT molecular complexity index is 561. The molecule has 0 spiro atoms. The number of nitrogens with zero attached hydrogens (tertiary/aromatic N) is 2. The molecule has 24 heavy (non-hydrogen) atoms. The Morgan fingerprint density at radius 3 is 2.33 bits per heavy atom. The predicted molar refractivity (Wildman–Crippen MR) is 111 cm³/mol. The summed E-state index contributed by atoms with van der Waals surface area (Å²) in [6.45, 7) is 17.6. The minimum Gasteiger partial charge on any atom is -0.151 e. The van der Waals surface area contributed by atoms with E-state index >= 15 is 0 Å². The van der Waals surface area contributed by atoms with Crippen LogP contribution in [0.1, 0.15) is 59.6 Å². The molecule has 2 rings (SSSR count). The topological polar surface area (TPSA) is 24.7 Å². The summed E-state index contributed by atoms with van der Waals surface area (Å²) in [6, 6.07) is 6.15. The molecule has 2 heteroatoms. The minimum absolute atomic E-state index is 0.797. The molecule has 0 atom stereocenters. The van der Waals surface area contributed by atoms with Crippen LogP contribution < -0.4 is 0 Å². The first-order chi connectivity index (χ1) is 11.8. The fourth-order valence-corrected chi connectivity index (χ4v) is 1.84. The Morgan fingerprint density at radius 2 is 1.75 bits per heavy atom. The van der Waals surface area contributed by atoms with Crippen LogP contribution in [0.5, 0.6) is 0 Å². The molecule has 0 unspecified atom stereocenters. The number of hydrogen-bond acceptors (Lipinski definition) is 2. The Morgan fingerprint density at radius 1 is 1.08 bits per heavy atom.